The highest BCUT2D eigenvalue weighted by Crippen LogP contribution is 2.27. The normalized spacial score (nSPS) is 11.1. The maximum atomic E-state index is 4.39. The standard InChI is InChI=1S/C16H22N4S/c1-11(2)9-20-15(14-8-17-7-6-13(14)5)18-19-16(20)21-10-12(3)4/h6-8,12H,1,9-10H2,2-5H3. The van der Waals surface area contributed by atoms with E-state index >= 15 is 0 Å². The van der Waals surface area contributed by atoms with Crippen LogP contribution in [0.3, 0.4) is 0 Å². The second kappa shape index (κ2) is 6.89. The van der Waals surface area contributed by atoms with Crippen molar-refractivity contribution in [3.05, 3.63) is 36.2 Å². The van der Waals surface area contributed by atoms with Crippen molar-refractivity contribution in [3.63, 3.8) is 0 Å². The van der Waals surface area contributed by atoms with Crippen molar-refractivity contribution < 1.29 is 0 Å². The van der Waals surface area contributed by atoms with Gasteiger partial charge in [0.15, 0.2) is 11.0 Å². The Bertz CT molecular complexity index is 631. The molecule has 0 saturated carbocycles. The molecule has 0 aliphatic rings. The summed E-state index contributed by atoms with van der Waals surface area (Å²) < 4.78 is 2.14. The third-order valence-electron chi connectivity index (χ3n) is 2.97. The number of hydrogen-bond acceptors (Lipinski definition) is 4. The van der Waals surface area contributed by atoms with Crippen LogP contribution in [0.5, 0.6) is 0 Å². The molecule has 21 heavy (non-hydrogen) atoms. The largest absolute Gasteiger partial charge is 0.298 e. The lowest BCUT2D eigenvalue weighted by Gasteiger charge is -2.11. The Kier molecular flexibility index (Phi) is 5.17. The van der Waals surface area contributed by atoms with E-state index in [1.54, 1.807) is 18.0 Å². The third kappa shape index (κ3) is 3.94. The molecule has 0 amide bonds. The first kappa shape index (κ1) is 15.8. The summed E-state index contributed by atoms with van der Waals surface area (Å²) in [5.41, 5.74) is 3.27. The highest BCUT2D eigenvalue weighted by Gasteiger charge is 2.16. The number of thioether (sulfide) groups is 1. The van der Waals surface area contributed by atoms with Crippen LogP contribution in [0.2, 0.25) is 0 Å². The molecule has 2 rings (SSSR count). The SMILES string of the molecule is C=C(C)Cn1c(SCC(C)C)nnc1-c1cnccc1C. The predicted molar refractivity (Wildman–Crippen MR) is 88.4 cm³/mol. The van der Waals surface area contributed by atoms with Crippen LogP contribution < -0.4 is 0 Å². The average molecular weight is 302 g/mol. The fraction of sp³-hybridized carbons (Fsp3) is 0.438. The number of pyridine rings is 1. The van der Waals surface area contributed by atoms with E-state index in [0.717, 1.165) is 40.0 Å². The molecule has 2 aromatic heterocycles. The van der Waals surface area contributed by atoms with Crippen LogP contribution in [-0.4, -0.2) is 25.5 Å². The molecule has 0 aliphatic heterocycles. The van der Waals surface area contributed by atoms with E-state index in [1.165, 1.54) is 0 Å². The van der Waals surface area contributed by atoms with Gasteiger partial charge < -0.3 is 0 Å². The highest BCUT2D eigenvalue weighted by atomic mass is 32.2. The van der Waals surface area contributed by atoms with Crippen LogP contribution in [0, 0.1) is 12.8 Å². The van der Waals surface area contributed by atoms with E-state index in [2.05, 4.69) is 47.1 Å². The number of aromatic nitrogens is 4. The first-order chi connectivity index (χ1) is 9.99. The zero-order valence-corrected chi connectivity index (χ0v) is 13.9. The fourth-order valence-corrected chi connectivity index (χ4v) is 2.83. The molecule has 5 heteroatoms. The average Bonchev–Trinajstić information content (AvgIpc) is 2.79. The Balaban J connectivity index is 2.41. The molecule has 0 aromatic carbocycles. The minimum Gasteiger partial charge on any atom is -0.298 e. The monoisotopic (exact) mass is 302 g/mol. The van der Waals surface area contributed by atoms with Crippen LogP contribution >= 0.6 is 11.8 Å². The quantitative estimate of drug-likeness (QED) is 0.598. The fourth-order valence-electron chi connectivity index (χ4n) is 1.95. The summed E-state index contributed by atoms with van der Waals surface area (Å²) >= 11 is 1.75. The summed E-state index contributed by atoms with van der Waals surface area (Å²) in [4.78, 5) is 4.22. The van der Waals surface area contributed by atoms with Crippen molar-refractivity contribution in [2.75, 3.05) is 5.75 Å². The van der Waals surface area contributed by atoms with Crippen LogP contribution in [0.15, 0.2) is 35.8 Å². The molecule has 4 nitrogen and oxygen atoms in total. The molecule has 0 aliphatic carbocycles. The zero-order chi connectivity index (χ0) is 15.4. The van der Waals surface area contributed by atoms with Crippen LogP contribution in [0.1, 0.15) is 26.3 Å². The summed E-state index contributed by atoms with van der Waals surface area (Å²) in [5.74, 6) is 2.52. The molecular weight excluding hydrogens is 280 g/mol. The summed E-state index contributed by atoms with van der Waals surface area (Å²) in [7, 11) is 0. The highest BCUT2D eigenvalue weighted by molar-refractivity contribution is 7.99. The molecule has 0 radical (unpaired) electrons. The summed E-state index contributed by atoms with van der Waals surface area (Å²) in [6.07, 6.45) is 3.65. The van der Waals surface area contributed by atoms with Crippen molar-refractivity contribution in [1.29, 1.82) is 0 Å². The summed E-state index contributed by atoms with van der Waals surface area (Å²) in [5, 5.41) is 9.70. The third-order valence-corrected chi connectivity index (χ3v) is 4.36. The summed E-state index contributed by atoms with van der Waals surface area (Å²) in [6, 6.07) is 2.00. The van der Waals surface area contributed by atoms with E-state index in [1.807, 2.05) is 19.2 Å². The van der Waals surface area contributed by atoms with E-state index in [-0.39, 0.29) is 0 Å². The number of hydrogen-bond donors (Lipinski definition) is 0. The van der Waals surface area contributed by atoms with Crippen molar-refractivity contribution >= 4 is 11.8 Å². The molecule has 0 fully saturated rings. The van der Waals surface area contributed by atoms with Gasteiger partial charge in [0.2, 0.25) is 0 Å². The van der Waals surface area contributed by atoms with Gasteiger partial charge in [-0.05, 0) is 31.4 Å². The van der Waals surface area contributed by atoms with Crippen LogP contribution in [0.25, 0.3) is 11.4 Å². The van der Waals surface area contributed by atoms with E-state index in [0.29, 0.717) is 5.92 Å². The van der Waals surface area contributed by atoms with Gasteiger partial charge in [-0.2, -0.15) is 0 Å². The molecular formula is C16H22N4S. The molecule has 0 spiro atoms. The topological polar surface area (TPSA) is 43.6 Å². The van der Waals surface area contributed by atoms with Crippen molar-refractivity contribution in [3.8, 4) is 11.4 Å². The lowest BCUT2D eigenvalue weighted by molar-refractivity contribution is 0.698. The minimum absolute atomic E-state index is 0.619. The van der Waals surface area contributed by atoms with Crippen LogP contribution in [0.4, 0.5) is 0 Å². The van der Waals surface area contributed by atoms with Gasteiger partial charge in [-0.25, -0.2) is 0 Å². The lowest BCUT2D eigenvalue weighted by atomic mass is 10.1. The first-order valence-corrected chi connectivity index (χ1v) is 8.09. The van der Waals surface area contributed by atoms with Crippen molar-refractivity contribution in [2.45, 2.75) is 39.4 Å². The molecule has 2 aromatic rings. The van der Waals surface area contributed by atoms with Gasteiger partial charge in [0.1, 0.15) is 0 Å². The van der Waals surface area contributed by atoms with Crippen LogP contribution in [-0.2, 0) is 6.54 Å². The zero-order valence-electron chi connectivity index (χ0n) is 13.1. The van der Waals surface area contributed by atoms with Gasteiger partial charge in [-0.3, -0.25) is 9.55 Å². The molecule has 2 heterocycles. The summed E-state index contributed by atoms with van der Waals surface area (Å²) in [6.45, 7) is 13.3. The second-order valence-electron chi connectivity index (χ2n) is 5.74. The molecule has 0 atom stereocenters. The Morgan fingerprint density at radius 3 is 2.76 bits per heavy atom. The van der Waals surface area contributed by atoms with Gasteiger partial charge >= 0.3 is 0 Å². The maximum absolute atomic E-state index is 4.39. The van der Waals surface area contributed by atoms with Gasteiger partial charge in [0, 0.05) is 30.3 Å². The molecule has 0 N–H and O–H groups in total. The predicted octanol–water partition coefficient (Wildman–Crippen LogP) is 3.97. The van der Waals surface area contributed by atoms with Crippen molar-refractivity contribution in [2.24, 2.45) is 5.92 Å². The Hall–Kier alpha value is -1.62. The number of allylic oxidation sites excluding steroid dienone is 1. The first-order valence-electron chi connectivity index (χ1n) is 7.10. The Morgan fingerprint density at radius 1 is 1.38 bits per heavy atom. The van der Waals surface area contributed by atoms with Crippen molar-refractivity contribution in [1.82, 2.24) is 19.7 Å². The molecule has 0 unspecified atom stereocenters. The second-order valence-corrected chi connectivity index (χ2v) is 6.73. The maximum Gasteiger partial charge on any atom is 0.191 e. The van der Waals surface area contributed by atoms with Gasteiger partial charge in [0.25, 0.3) is 0 Å². The lowest BCUT2D eigenvalue weighted by Crippen LogP contribution is -2.05. The number of aryl methyl sites for hydroxylation is 1. The van der Waals surface area contributed by atoms with E-state index < -0.39 is 0 Å². The van der Waals surface area contributed by atoms with E-state index in [4.69, 9.17) is 0 Å². The molecule has 0 bridgehead atoms. The number of nitrogens with zero attached hydrogens (tertiary/aromatic N) is 4. The Morgan fingerprint density at radius 2 is 2.14 bits per heavy atom. The van der Waals surface area contributed by atoms with E-state index in [9.17, 15) is 0 Å². The molecule has 0 saturated heterocycles. The smallest absolute Gasteiger partial charge is 0.191 e. The van der Waals surface area contributed by atoms with Gasteiger partial charge in [-0.15, -0.1) is 10.2 Å². The van der Waals surface area contributed by atoms with Gasteiger partial charge in [0.05, 0.1) is 0 Å². The Labute approximate surface area is 130 Å². The number of rotatable bonds is 6. The minimum atomic E-state index is 0.619. The van der Waals surface area contributed by atoms with Gasteiger partial charge in [-0.1, -0.05) is 37.8 Å². The molecule has 112 valence electrons.